The van der Waals surface area contributed by atoms with Crippen molar-refractivity contribution in [1.82, 2.24) is 10.2 Å². The first-order valence-corrected chi connectivity index (χ1v) is 7.07. The van der Waals surface area contributed by atoms with E-state index in [4.69, 9.17) is 9.47 Å². The van der Waals surface area contributed by atoms with E-state index in [9.17, 15) is 9.59 Å². The van der Waals surface area contributed by atoms with E-state index in [1.807, 2.05) is 30.3 Å². The first kappa shape index (κ1) is 14.0. The molecule has 1 aromatic rings. The predicted octanol–water partition coefficient (Wildman–Crippen LogP) is 0.102. The zero-order valence-corrected chi connectivity index (χ0v) is 11.7. The number of ether oxygens (including phenoxy) is 2. The fourth-order valence-electron chi connectivity index (χ4n) is 2.68. The Hall–Kier alpha value is -1.92. The molecule has 2 atom stereocenters. The van der Waals surface area contributed by atoms with Crippen LogP contribution < -0.4 is 5.32 Å². The Morgan fingerprint density at radius 2 is 2.00 bits per heavy atom. The number of nitrogens with zero attached hydrogens (tertiary/aromatic N) is 1. The molecule has 21 heavy (non-hydrogen) atoms. The molecule has 0 radical (unpaired) electrons. The van der Waals surface area contributed by atoms with Gasteiger partial charge in [0.05, 0.1) is 39.0 Å². The molecule has 112 valence electrons. The fourth-order valence-corrected chi connectivity index (χ4v) is 2.68. The number of hydrogen-bond donors (Lipinski definition) is 1. The summed E-state index contributed by atoms with van der Waals surface area (Å²) in [6.07, 6.45) is -0.181. The monoisotopic (exact) mass is 290 g/mol. The smallest absolute Gasteiger partial charge is 0.247 e. The van der Waals surface area contributed by atoms with Gasteiger partial charge in [0, 0.05) is 0 Å². The standard InChI is InChI=1S/C15H18N2O4/c18-13-8-16-15(19)14(11-4-2-1-3-5-11)17(13)9-12-10-20-6-7-21-12/h1-5,12,14H,6-10H2,(H,16,19). The normalized spacial score (nSPS) is 26.6. The van der Waals surface area contributed by atoms with Gasteiger partial charge in [0.15, 0.2) is 0 Å². The van der Waals surface area contributed by atoms with Gasteiger partial charge in [-0.25, -0.2) is 0 Å². The second kappa shape index (κ2) is 6.24. The average Bonchev–Trinajstić information content (AvgIpc) is 2.53. The van der Waals surface area contributed by atoms with Crippen LogP contribution >= 0.6 is 0 Å². The third-order valence-electron chi connectivity index (χ3n) is 3.69. The minimum absolute atomic E-state index is 0.0374. The summed E-state index contributed by atoms with van der Waals surface area (Å²) in [5, 5.41) is 2.65. The Morgan fingerprint density at radius 1 is 1.19 bits per heavy atom. The predicted molar refractivity (Wildman–Crippen MR) is 74.5 cm³/mol. The van der Waals surface area contributed by atoms with Gasteiger partial charge in [-0.1, -0.05) is 30.3 Å². The van der Waals surface area contributed by atoms with Crippen LogP contribution in [-0.2, 0) is 19.1 Å². The molecule has 0 aliphatic carbocycles. The lowest BCUT2D eigenvalue weighted by Crippen LogP contribution is -2.56. The molecule has 6 heteroatoms. The summed E-state index contributed by atoms with van der Waals surface area (Å²) in [5.41, 5.74) is 0.805. The van der Waals surface area contributed by atoms with E-state index in [1.165, 1.54) is 0 Å². The topological polar surface area (TPSA) is 67.9 Å². The van der Waals surface area contributed by atoms with Crippen LogP contribution in [0.15, 0.2) is 30.3 Å². The zero-order valence-electron chi connectivity index (χ0n) is 11.7. The molecule has 2 fully saturated rings. The van der Waals surface area contributed by atoms with Crippen molar-refractivity contribution >= 4 is 11.8 Å². The quantitative estimate of drug-likeness (QED) is 0.857. The van der Waals surface area contributed by atoms with Gasteiger partial charge in [-0.3, -0.25) is 9.59 Å². The van der Waals surface area contributed by atoms with Crippen LogP contribution in [0, 0.1) is 0 Å². The summed E-state index contributed by atoms with van der Waals surface area (Å²) >= 11 is 0. The Kier molecular flexibility index (Phi) is 4.17. The lowest BCUT2D eigenvalue weighted by Gasteiger charge is -2.38. The van der Waals surface area contributed by atoms with E-state index in [0.717, 1.165) is 5.56 Å². The van der Waals surface area contributed by atoms with Crippen LogP contribution in [0.25, 0.3) is 0 Å². The molecule has 0 saturated carbocycles. The van der Waals surface area contributed by atoms with Gasteiger partial charge in [0.2, 0.25) is 11.8 Å². The van der Waals surface area contributed by atoms with Crippen molar-refractivity contribution in [2.24, 2.45) is 0 Å². The molecular formula is C15H18N2O4. The number of rotatable bonds is 3. The van der Waals surface area contributed by atoms with E-state index in [-0.39, 0.29) is 24.5 Å². The van der Waals surface area contributed by atoms with Gasteiger partial charge < -0.3 is 19.7 Å². The molecule has 2 heterocycles. The number of carbonyl (C=O) groups is 2. The maximum Gasteiger partial charge on any atom is 0.247 e. The van der Waals surface area contributed by atoms with E-state index in [0.29, 0.717) is 26.4 Å². The van der Waals surface area contributed by atoms with Crippen molar-refractivity contribution in [2.75, 3.05) is 32.9 Å². The molecule has 3 rings (SSSR count). The highest BCUT2D eigenvalue weighted by molar-refractivity contribution is 5.95. The van der Waals surface area contributed by atoms with E-state index < -0.39 is 6.04 Å². The number of piperazine rings is 1. The van der Waals surface area contributed by atoms with Gasteiger partial charge in [0.1, 0.15) is 6.04 Å². The second-order valence-electron chi connectivity index (χ2n) is 5.14. The molecule has 6 nitrogen and oxygen atoms in total. The molecule has 0 spiro atoms. The SMILES string of the molecule is O=C1NCC(=O)N(CC2COCCO2)C1c1ccccc1. The highest BCUT2D eigenvalue weighted by Gasteiger charge is 2.37. The summed E-state index contributed by atoms with van der Waals surface area (Å²) in [6, 6.07) is 8.72. The minimum Gasteiger partial charge on any atom is -0.376 e. The van der Waals surface area contributed by atoms with Gasteiger partial charge in [-0.15, -0.1) is 0 Å². The highest BCUT2D eigenvalue weighted by Crippen LogP contribution is 2.24. The third kappa shape index (κ3) is 3.06. The van der Waals surface area contributed by atoms with Crippen molar-refractivity contribution in [3.63, 3.8) is 0 Å². The number of nitrogens with one attached hydrogen (secondary N) is 1. The highest BCUT2D eigenvalue weighted by atomic mass is 16.6. The summed E-state index contributed by atoms with van der Waals surface area (Å²) in [7, 11) is 0. The molecule has 1 N–H and O–H groups in total. The summed E-state index contributed by atoms with van der Waals surface area (Å²) < 4.78 is 11.0. The van der Waals surface area contributed by atoms with Crippen LogP contribution in [0.2, 0.25) is 0 Å². The Bertz CT molecular complexity index is 514. The fraction of sp³-hybridized carbons (Fsp3) is 0.467. The maximum atomic E-state index is 12.2. The molecule has 0 bridgehead atoms. The van der Waals surface area contributed by atoms with Crippen LogP contribution in [0.3, 0.4) is 0 Å². The molecular weight excluding hydrogens is 272 g/mol. The van der Waals surface area contributed by atoms with Crippen LogP contribution in [-0.4, -0.2) is 55.7 Å². The second-order valence-corrected chi connectivity index (χ2v) is 5.14. The minimum atomic E-state index is -0.599. The number of carbonyl (C=O) groups excluding carboxylic acids is 2. The zero-order chi connectivity index (χ0) is 14.7. The van der Waals surface area contributed by atoms with E-state index in [2.05, 4.69) is 5.32 Å². The summed E-state index contributed by atoms with van der Waals surface area (Å²) in [6.45, 7) is 1.95. The van der Waals surface area contributed by atoms with Crippen molar-refractivity contribution in [2.45, 2.75) is 12.1 Å². The van der Waals surface area contributed by atoms with Crippen molar-refractivity contribution < 1.29 is 19.1 Å². The van der Waals surface area contributed by atoms with Gasteiger partial charge in [0.25, 0.3) is 0 Å². The van der Waals surface area contributed by atoms with E-state index >= 15 is 0 Å². The molecule has 2 aliphatic rings. The van der Waals surface area contributed by atoms with Crippen LogP contribution in [0.4, 0.5) is 0 Å². The number of benzene rings is 1. The first-order chi connectivity index (χ1) is 10.3. The molecule has 0 aromatic heterocycles. The van der Waals surface area contributed by atoms with Gasteiger partial charge in [-0.2, -0.15) is 0 Å². The van der Waals surface area contributed by atoms with Crippen molar-refractivity contribution in [3.05, 3.63) is 35.9 Å². The number of hydrogen-bond acceptors (Lipinski definition) is 4. The van der Waals surface area contributed by atoms with Gasteiger partial charge in [-0.05, 0) is 5.56 Å². The van der Waals surface area contributed by atoms with Crippen LogP contribution in [0.1, 0.15) is 11.6 Å². The largest absolute Gasteiger partial charge is 0.376 e. The average molecular weight is 290 g/mol. The maximum absolute atomic E-state index is 12.2. The Morgan fingerprint density at radius 3 is 2.71 bits per heavy atom. The summed E-state index contributed by atoms with van der Waals surface area (Å²) in [5.74, 6) is -0.254. The third-order valence-corrected chi connectivity index (χ3v) is 3.69. The van der Waals surface area contributed by atoms with Gasteiger partial charge >= 0.3 is 0 Å². The molecule has 2 aliphatic heterocycles. The molecule has 2 amide bonds. The van der Waals surface area contributed by atoms with Crippen LogP contribution in [0.5, 0.6) is 0 Å². The molecule has 2 saturated heterocycles. The number of amides is 2. The molecule has 1 aromatic carbocycles. The Balaban J connectivity index is 1.82. The van der Waals surface area contributed by atoms with Crippen molar-refractivity contribution in [1.29, 1.82) is 0 Å². The lowest BCUT2D eigenvalue weighted by atomic mass is 10.0. The lowest BCUT2D eigenvalue weighted by molar-refractivity contribution is -0.152. The van der Waals surface area contributed by atoms with E-state index in [1.54, 1.807) is 4.90 Å². The van der Waals surface area contributed by atoms with Crippen molar-refractivity contribution in [3.8, 4) is 0 Å². The summed E-state index contributed by atoms with van der Waals surface area (Å²) in [4.78, 5) is 26.0. The first-order valence-electron chi connectivity index (χ1n) is 7.07. The Labute approximate surface area is 123 Å². The molecule has 2 unspecified atom stereocenters.